The Morgan fingerprint density at radius 2 is 1.72 bits per heavy atom. The number of aromatic nitrogens is 3. The summed E-state index contributed by atoms with van der Waals surface area (Å²) < 4.78 is 6.64. The number of aryl methyl sites for hydroxylation is 1. The first-order valence-electron chi connectivity index (χ1n) is 11.9. The molecule has 0 saturated carbocycles. The SMILES string of the molecule is CCOC(=O)N1CCN(C(=O)CSc2nc3c([nH]c4ccccc43)c(=O)n2-c2ccccc2C)CC1. The number of ether oxygens (including phenoxy) is 1. The Morgan fingerprint density at radius 3 is 2.47 bits per heavy atom. The van der Waals surface area contributed by atoms with Crippen LogP contribution in [0.15, 0.2) is 58.5 Å². The molecule has 0 spiro atoms. The second-order valence-corrected chi connectivity index (χ2v) is 9.51. The number of hydrogen-bond acceptors (Lipinski definition) is 6. The minimum Gasteiger partial charge on any atom is -0.450 e. The van der Waals surface area contributed by atoms with Crippen LogP contribution >= 0.6 is 11.8 Å². The molecule has 0 unspecified atom stereocenters. The zero-order valence-corrected chi connectivity index (χ0v) is 21.0. The lowest BCUT2D eigenvalue weighted by Crippen LogP contribution is -2.51. The molecule has 1 saturated heterocycles. The second-order valence-electron chi connectivity index (χ2n) is 8.57. The van der Waals surface area contributed by atoms with Crippen LogP contribution in [0.4, 0.5) is 4.79 Å². The Labute approximate surface area is 212 Å². The van der Waals surface area contributed by atoms with Gasteiger partial charge < -0.3 is 19.5 Å². The molecule has 0 aliphatic carbocycles. The first kappa shape index (κ1) is 23.9. The number of carbonyl (C=O) groups excluding carboxylic acids is 2. The van der Waals surface area contributed by atoms with Gasteiger partial charge in [0.15, 0.2) is 5.16 Å². The van der Waals surface area contributed by atoms with E-state index in [-0.39, 0.29) is 23.3 Å². The summed E-state index contributed by atoms with van der Waals surface area (Å²) in [6, 6.07) is 15.3. The summed E-state index contributed by atoms with van der Waals surface area (Å²) in [5, 5.41) is 1.33. The number of aromatic amines is 1. The number of fused-ring (bicyclic) bond motifs is 3. The minimum atomic E-state index is -0.350. The third-order valence-electron chi connectivity index (χ3n) is 6.33. The molecule has 2 aromatic heterocycles. The summed E-state index contributed by atoms with van der Waals surface area (Å²) in [6.45, 7) is 5.79. The van der Waals surface area contributed by atoms with Crippen LogP contribution in [-0.2, 0) is 9.53 Å². The van der Waals surface area contributed by atoms with Gasteiger partial charge in [0.25, 0.3) is 5.56 Å². The van der Waals surface area contributed by atoms with Crippen molar-refractivity contribution in [2.45, 2.75) is 19.0 Å². The van der Waals surface area contributed by atoms with Crippen LogP contribution in [0.3, 0.4) is 0 Å². The van der Waals surface area contributed by atoms with E-state index in [1.165, 1.54) is 11.8 Å². The maximum Gasteiger partial charge on any atom is 0.409 e. The van der Waals surface area contributed by atoms with Crippen molar-refractivity contribution in [2.75, 3.05) is 38.5 Å². The van der Waals surface area contributed by atoms with Gasteiger partial charge >= 0.3 is 6.09 Å². The number of piperazine rings is 1. The van der Waals surface area contributed by atoms with Gasteiger partial charge in [0.05, 0.1) is 18.0 Å². The third kappa shape index (κ3) is 4.44. The quantitative estimate of drug-likeness (QED) is 0.329. The number of carbonyl (C=O) groups is 2. The maximum absolute atomic E-state index is 13.7. The zero-order valence-electron chi connectivity index (χ0n) is 20.2. The predicted molar refractivity (Wildman–Crippen MR) is 140 cm³/mol. The predicted octanol–water partition coefficient (Wildman–Crippen LogP) is 3.57. The van der Waals surface area contributed by atoms with Crippen LogP contribution in [0, 0.1) is 6.92 Å². The molecule has 0 atom stereocenters. The van der Waals surface area contributed by atoms with Crippen molar-refractivity contribution in [3.63, 3.8) is 0 Å². The summed E-state index contributed by atoms with van der Waals surface area (Å²) in [6.07, 6.45) is -0.350. The Bertz CT molecular complexity index is 1500. The van der Waals surface area contributed by atoms with Crippen LogP contribution in [0.1, 0.15) is 12.5 Å². The average Bonchev–Trinajstić information content (AvgIpc) is 3.27. The van der Waals surface area contributed by atoms with Crippen LogP contribution in [-0.4, -0.2) is 74.9 Å². The van der Waals surface area contributed by atoms with Crippen LogP contribution in [0.2, 0.25) is 0 Å². The number of nitrogens with zero attached hydrogens (tertiary/aromatic N) is 4. The topological polar surface area (TPSA) is 101 Å². The molecule has 36 heavy (non-hydrogen) atoms. The van der Waals surface area contributed by atoms with Crippen molar-refractivity contribution in [3.8, 4) is 5.69 Å². The number of H-pyrrole nitrogens is 1. The number of hydrogen-bond donors (Lipinski definition) is 1. The van der Waals surface area contributed by atoms with E-state index in [0.29, 0.717) is 49.0 Å². The second kappa shape index (κ2) is 10.1. The summed E-state index contributed by atoms with van der Waals surface area (Å²) >= 11 is 1.25. The molecular weight excluding hydrogens is 478 g/mol. The molecule has 0 radical (unpaired) electrons. The number of nitrogens with one attached hydrogen (secondary N) is 1. The first-order chi connectivity index (χ1) is 17.5. The molecule has 1 aliphatic rings. The van der Waals surface area contributed by atoms with Gasteiger partial charge in [0, 0.05) is 37.1 Å². The highest BCUT2D eigenvalue weighted by Crippen LogP contribution is 2.27. The summed E-state index contributed by atoms with van der Waals surface area (Å²) in [5.74, 6) is 0.0686. The summed E-state index contributed by atoms with van der Waals surface area (Å²) in [5.41, 5.74) is 3.33. The number of para-hydroxylation sites is 2. The van der Waals surface area contributed by atoms with Crippen LogP contribution in [0.25, 0.3) is 27.6 Å². The molecule has 1 N–H and O–H groups in total. The fourth-order valence-electron chi connectivity index (χ4n) is 4.44. The number of thioether (sulfide) groups is 1. The van der Waals surface area contributed by atoms with Crippen molar-refractivity contribution in [2.24, 2.45) is 0 Å². The van der Waals surface area contributed by atoms with Gasteiger partial charge in [-0.05, 0) is 31.5 Å². The van der Waals surface area contributed by atoms with Crippen LogP contribution < -0.4 is 5.56 Å². The Balaban J connectivity index is 1.44. The van der Waals surface area contributed by atoms with Gasteiger partial charge in [-0.2, -0.15) is 0 Å². The van der Waals surface area contributed by atoms with Gasteiger partial charge in [-0.15, -0.1) is 0 Å². The van der Waals surface area contributed by atoms with E-state index in [1.807, 2.05) is 55.5 Å². The normalized spacial score (nSPS) is 13.9. The van der Waals surface area contributed by atoms with E-state index < -0.39 is 0 Å². The molecule has 2 aromatic carbocycles. The molecule has 4 aromatic rings. The summed E-state index contributed by atoms with van der Waals surface area (Å²) in [4.78, 5) is 50.1. The Hall–Kier alpha value is -3.79. The highest BCUT2D eigenvalue weighted by molar-refractivity contribution is 7.99. The monoisotopic (exact) mass is 505 g/mol. The molecule has 9 nitrogen and oxygen atoms in total. The van der Waals surface area contributed by atoms with Gasteiger partial charge in [0.2, 0.25) is 5.91 Å². The van der Waals surface area contributed by atoms with E-state index >= 15 is 0 Å². The van der Waals surface area contributed by atoms with Gasteiger partial charge in [-0.3, -0.25) is 14.2 Å². The van der Waals surface area contributed by atoms with Crippen LogP contribution in [0.5, 0.6) is 0 Å². The zero-order chi connectivity index (χ0) is 25.2. The van der Waals surface area contributed by atoms with E-state index in [4.69, 9.17) is 9.72 Å². The Morgan fingerprint density at radius 1 is 1.03 bits per heavy atom. The third-order valence-corrected chi connectivity index (χ3v) is 7.26. The minimum absolute atomic E-state index is 0.0619. The maximum atomic E-state index is 13.7. The Kier molecular flexibility index (Phi) is 6.69. The molecule has 2 amide bonds. The number of amides is 2. The molecule has 1 fully saturated rings. The van der Waals surface area contributed by atoms with Gasteiger partial charge in [0.1, 0.15) is 11.0 Å². The highest BCUT2D eigenvalue weighted by Gasteiger charge is 2.26. The summed E-state index contributed by atoms with van der Waals surface area (Å²) in [7, 11) is 0. The van der Waals surface area contributed by atoms with E-state index in [2.05, 4.69) is 4.98 Å². The lowest BCUT2D eigenvalue weighted by atomic mass is 10.2. The molecular formula is C26H27N5O4S. The molecule has 0 bridgehead atoms. The average molecular weight is 506 g/mol. The fraction of sp³-hybridized carbons (Fsp3) is 0.308. The van der Waals surface area contributed by atoms with Crippen molar-refractivity contribution >= 4 is 45.7 Å². The molecule has 186 valence electrons. The molecule has 1 aliphatic heterocycles. The van der Waals surface area contributed by atoms with Gasteiger partial charge in [-0.25, -0.2) is 9.78 Å². The van der Waals surface area contributed by atoms with Crippen molar-refractivity contribution in [1.29, 1.82) is 0 Å². The first-order valence-corrected chi connectivity index (χ1v) is 12.9. The van der Waals surface area contributed by atoms with E-state index in [9.17, 15) is 14.4 Å². The lowest BCUT2D eigenvalue weighted by molar-refractivity contribution is -0.129. The van der Waals surface area contributed by atoms with Crippen molar-refractivity contribution in [1.82, 2.24) is 24.3 Å². The smallest absolute Gasteiger partial charge is 0.409 e. The van der Waals surface area contributed by atoms with Gasteiger partial charge in [-0.1, -0.05) is 48.2 Å². The van der Waals surface area contributed by atoms with E-state index in [1.54, 1.807) is 21.3 Å². The largest absolute Gasteiger partial charge is 0.450 e. The highest BCUT2D eigenvalue weighted by atomic mass is 32.2. The fourth-order valence-corrected chi connectivity index (χ4v) is 5.34. The van der Waals surface area contributed by atoms with Crippen molar-refractivity contribution in [3.05, 3.63) is 64.4 Å². The molecule has 3 heterocycles. The standard InChI is InChI=1S/C26H27N5O4S/c1-3-35-26(34)30-14-12-29(13-15-30)21(32)16-36-25-28-22-18-9-5-6-10-19(18)27-23(22)24(33)31(25)20-11-7-4-8-17(20)2/h4-11,27H,3,12-16H2,1-2H3. The number of benzene rings is 2. The lowest BCUT2D eigenvalue weighted by Gasteiger charge is -2.34. The van der Waals surface area contributed by atoms with E-state index in [0.717, 1.165) is 22.2 Å². The molecule has 5 rings (SSSR count). The van der Waals surface area contributed by atoms with Crippen molar-refractivity contribution < 1.29 is 14.3 Å². The molecule has 10 heteroatoms. The number of rotatable bonds is 5.